The summed E-state index contributed by atoms with van der Waals surface area (Å²) in [5.74, 6) is 0.0972. The number of rotatable bonds is 8. The highest BCUT2D eigenvalue weighted by Crippen LogP contribution is 2.22. The summed E-state index contributed by atoms with van der Waals surface area (Å²) in [6.07, 6.45) is 3.02. The number of aliphatic imine (C=N–C) groups is 1. The van der Waals surface area contributed by atoms with Crippen LogP contribution in [0.25, 0.3) is 0 Å². The lowest BCUT2D eigenvalue weighted by molar-refractivity contribution is -0.114. The normalized spacial score (nSPS) is 12.9. The lowest BCUT2D eigenvalue weighted by Crippen LogP contribution is -2.36. The number of carbonyl (C=O) groups excluding carboxylic acids is 1. The van der Waals surface area contributed by atoms with Gasteiger partial charge in [0, 0.05) is 6.54 Å². The van der Waals surface area contributed by atoms with E-state index in [1.54, 1.807) is 32.1 Å². The molecule has 0 unspecified atom stereocenters. The van der Waals surface area contributed by atoms with Crippen LogP contribution in [0, 0.1) is 0 Å². The van der Waals surface area contributed by atoms with Crippen LogP contribution in [-0.4, -0.2) is 29.9 Å². The summed E-state index contributed by atoms with van der Waals surface area (Å²) < 4.78 is 0. The molecule has 1 rings (SSSR count). The highest BCUT2D eigenvalue weighted by molar-refractivity contribution is 6.45. The summed E-state index contributed by atoms with van der Waals surface area (Å²) in [4.78, 5) is 16.4. The van der Waals surface area contributed by atoms with Crippen molar-refractivity contribution in [2.45, 2.75) is 20.4 Å². The molecule has 0 heterocycles. The molecule has 0 saturated heterocycles. The molecule has 0 aromatic heterocycles. The van der Waals surface area contributed by atoms with Gasteiger partial charge in [-0.1, -0.05) is 29.3 Å². The van der Waals surface area contributed by atoms with Crippen LogP contribution in [0.2, 0.25) is 10.0 Å². The number of nitrogens with zero attached hydrogens (tertiary/aromatic N) is 1. The van der Waals surface area contributed by atoms with Gasteiger partial charge >= 0.3 is 0 Å². The fourth-order valence-electron chi connectivity index (χ4n) is 1.86. The van der Waals surface area contributed by atoms with Gasteiger partial charge in [-0.05, 0) is 49.4 Å². The van der Waals surface area contributed by atoms with Crippen molar-refractivity contribution in [3.63, 3.8) is 0 Å². The smallest absolute Gasteiger partial charge is 0.275 e. The van der Waals surface area contributed by atoms with Crippen LogP contribution in [0.3, 0.4) is 0 Å². The fourth-order valence-corrected chi connectivity index (χ4v) is 2.18. The maximum absolute atomic E-state index is 12.4. The van der Waals surface area contributed by atoms with Crippen LogP contribution < -0.4 is 16.4 Å². The number of carbonyl (C=O) groups is 1. The predicted molar refractivity (Wildman–Crippen MR) is 103 cm³/mol. The number of nitrogens with one attached hydrogen (secondary N) is 2. The molecule has 0 atom stereocenters. The minimum atomic E-state index is -0.414. The van der Waals surface area contributed by atoms with Crippen LogP contribution in [-0.2, 0) is 11.3 Å². The standard InChI is InChI=1S/C17H22Cl2N4O2/c1-3-15(22-10-12-4-5-13(18)14(19)8-12)23-17(25)16(11(2)9-20)21-6-7-24/h3-5,8-9,22,24H,6-7,10,20H2,1-2H3,(H,23,25)/b11-9-,15-3?,21-16?. The Labute approximate surface area is 157 Å². The predicted octanol–water partition coefficient (Wildman–Crippen LogP) is 2.36. The van der Waals surface area contributed by atoms with Gasteiger partial charge in [-0.25, -0.2) is 0 Å². The number of amides is 1. The Morgan fingerprint density at radius 1 is 1.36 bits per heavy atom. The third-order valence-electron chi connectivity index (χ3n) is 3.21. The molecule has 1 aromatic rings. The first-order valence-electron chi connectivity index (χ1n) is 7.62. The van der Waals surface area contributed by atoms with Gasteiger partial charge in [0.25, 0.3) is 5.91 Å². The lowest BCUT2D eigenvalue weighted by Gasteiger charge is -2.14. The average molecular weight is 385 g/mol. The zero-order chi connectivity index (χ0) is 18.8. The minimum absolute atomic E-state index is 0.121. The maximum atomic E-state index is 12.4. The van der Waals surface area contributed by atoms with Crippen molar-refractivity contribution in [3.05, 3.63) is 57.5 Å². The van der Waals surface area contributed by atoms with E-state index >= 15 is 0 Å². The van der Waals surface area contributed by atoms with Crippen LogP contribution >= 0.6 is 23.2 Å². The molecule has 0 saturated carbocycles. The Bertz CT molecular complexity index is 700. The van der Waals surface area contributed by atoms with E-state index in [0.717, 1.165) is 5.56 Å². The van der Waals surface area contributed by atoms with Crippen molar-refractivity contribution < 1.29 is 9.90 Å². The van der Waals surface area contributed by atoms with Gasteiger partial charge in [-0.2, -0.15) is 0 Å². The zero-order valence-corrected chi connectivity index (χ0v) is 15.7. The number of allylic oxidation sites excluding steroid dienone is 1. The van der Waals surface area contributed by atoms with Gasteiger partial charge in [-0.3, -0.25) is 9.79 Å². The first kappa shape index (κ1) is 21.0. The Hall–Kier alpha value is -2.02. The zero-order valence-electron chi connectivity index (χ0n) is 14.1. The summed E-state index contributed by atoms with van der Waals surface area (Å²) in [6, 6.07) is 5.30. The van der Waals surface area contributed by atoms with E-state index in [4.69, 9.17) is 34.0 Å². The molecule has 0 bridgehead atoms. The van der Waals surface area contributed by atoms with E-state index in [1.807, 2.05) is 6.07 Å². The third-order valence-corrected chi connectivity index (χ3v) is 3.95. The summed E-state index contributed by atoms with van der Waals surface area (Å²) in [7, 11) is 0. The second-order valence-corrected chi connectivity index (χ2v) is 5.88. The van der Waals surface area contributed by atoms with Crippen molar-refractivity contribution in [2.75, 3.05) is 13.2 Å². The summed E-state index contributed by atoms with van der Waals surface area (Å²) >= 11 is 11.9. The molecule has 0 spiro atoms. The molecule has 6 nitrogen and oxygen atoms in total. The fraction of sp³-hybridized carbons (Fsp3) is 0.294. The number of aliphatic hydroxyl groups excluding tert-OH is 1. The van der Waals surface area contributed by atoms with Gasteiger partial charge in [0.1, 0.15) is 11.5 Å². The molecule has 0 fully saturated rings. The first-order chi connectivity index (χ1) is 11.9. The Balaban J connectivity index is 2.76. The molecule has 0 aliphatic heterocycles. The van der Waals surface area contributed by atoms with Crippen LogP contribution in [0.4, 0.5) is 0 Å². The lowest BCUT2D eigenvalue weighted by atomic mass is 10.2. The van der Waals surface area contributed by atoms with Crippen molar-refractivity contribution in [3.8, 4) is 0 Å². The molecule has 0 aliphatic carbocycles. The molecular weight excluding hydrogens is 363 g/mol. The van der Waals surface area contributed by atoms with E-state index in [-0.39, 0.29) is 18.9 Å². The minimum Gasteiger partial charge on any atom is -0.404 e. The van der Waals surface area contributed by atoms with E-state index in [1.165, 1.54) is 6.20 Å². The highest BCUT2D eigenvalue weighted by Gasteiger charge is 2.14. The average Bonchev–Trinajstić information content (AvgIpc) is 2.61. The molecule has 1 amide bonds. The number of halogens is 2. The van der Waals surface area contributed by atoms with Gasteiger partial charge in [0.05, 0.1) is 23.2 Å². The van der Waals surface area contributed by atoms with Crippen LogP contribution in [0.5, 0.6) is 0 Å². The van der Waals surface area contributed by atoms with Crippen molar-refractivity contribution >= 4 is 34.8 Å². The quantitative estimate of drug-likeness (QED) is 0.516. The second kappa shape index (κ2) is 10.8. The molecule has 8 heteroatoms. The topological polar surface area (TPSA) is 99.7 Å². The van der Waals surface area contributed by atoms with Crippen LogP contribution in [0.1, 0.15) is 19.4 Å². The number of hydrogen-bond acceptors (Lipinski definition) is 5. The van der Waals surface area contributed by atoms with Gasteiger partial charge in [0.2, 0.25) is 0 Å². The van der Waals surface area contributed by atoms with E-state index < -0.39 is 5.91 Å². The summed E-state index contributed by atoms with van der Waals surface area (Å²) in [5, 5.41) is 15.7. The molecule has 5 N–H and O–H groups in total. The Morgan fingerprint density at radius 2 is 2.08 bits per heavy atom. The molecular formula is C17H22Cl2N4O2. The highest BCUT2D eigenvalue weighted by atomic mass is 35.5. The molecule has 1 aromatic carbocycles. The maximum Gasteiger partial charge on any atom is 0.275 e. The number of hydrogen-bond donors (Lipinski definition) is 4. The van der Waals surface area contributed by atoms with Crippen molar-refractivity contribution in [2.24, 2.45) is 10.7 Å². The molecule has 136 valence electrons. The number of nitrogens with two attached hydrogens (primary N) is 1. The monoisotopic (exact) mass is 384 g/mol. The Morgan fingerprint density at radius 3 is 2.64 bits per heavy atom. The second-order valence-electron chi connectivity index (χ2n) is 5.06. The third kappa shape index (κ3) is 6.78. The van der Waals surface area contributed by atoms with E-state index in [2.05, 4.69) is 15.6 Å². The molecule has 25 heavy (non-hydrogen) atoms. The van der Waals surface area contributed by atoms with Crippen molar-refractivity contribution in [1.82, 2.24) is 10.6 Å². The number of aliphatic hydroxyl groups is 1. The van der Waals surface area contributed by atoms with Crippen LogP contribution in [0.15, 0.2) is 46.9 Å². The summed E-state index contributed by atoms with van der Waals surface area (Å²) in [5.41, 5.74) is 7.07. The SMILES string of the molecule is CC=C(NCc1ccc(Cl)c(Cl)c1)NC(=O)C(=NCCO)/C(C)=C\N. The largest absolute Gasteiger partial charge is 0.404 e. The Kier molecular flexibility index (Phi) is 9.05. The van der Waals surface area contributed by atoms with E-state index in [0.29, 0.717) is 28.0 Å². The molecule has 0 aliphatic rings. The first-order valence-corrected chi connectivity index (χ1v) is 8.38. The van der Waals surface area contributed by atoms with Gasteiger partial charge in [-0.15, -0.1) is 0 Å². The molecule has 0 radical (unpaired) electrons. The van der Waals surface area contributed by atoms with Gasteiger partial charge < -0.3 is 21.5 Å². The number of benzene rings is 1. The summed E-state index contributed by atoms with van der Waals surface area (Å²) in [6.45, 7) is 3.88. The van der Waals surface area contributed by atoms with Gasteiger partial charge in [0.15, 0.2) is 0 Å². The van der Waals surface area contributed by atoms with E-state index in [9.17, 15) is 4.79 Å². The van der Waals surface area contributed by atoms with Crippen molar-refractivity contribution in [1.29, 1.82) is 0 Å².